The van der Waals surface area contributed by atoms with Gasteiger partial charge in [0.2, 0.25) is 0 Å². The van der Waals surface area contributed by atoms with Crippen LogP contribution in [0.2, 0.25) is 0 Å². The van der Waals surface area contributed by atoms with Gasteiger partial charge in [0.1, 0.15) is 17.7 Å². The zero-order chi connectivity index (χ0) is 15.5. The van der Waals surface area contributed by atoms with Gasteiger partial charge in [-0.15, -0.1) is 0 Å². The van der Waals surface area contributed by atoms with Crippen LogP contribution in [0.4, 0.5) is 14.6 Å². The summed E-state index contributed by atoms with van der Waals surface area (Å²) < 4.78 is 30.7. The van der Waals surface area contributed by atoms with E-state index in [0.29, 0.717) is 32.0 Å². The van der Waals surface area contributed by atoms with Crippen LogP contribution in [0.15, 0.2) is 12.5 Å². The van der Waals surface area contributed by atoms with Gasteiger partial charge in [-0.05, 0) is 0 Å². The molecule has 1 aliphatic rings. The number of nitrogens with zero attached hydrogens (tertiary/aromatic N) is 4. The molecule has 2 heterocycles. The van der Waals surface area contributed by atoms with Crippen molar-refractivity contribution in [3.63, 3.8) is 0 Å². The maximum Gasteiger partial charge on any atom is 0.343 e. The minimum atomic E-state index is -2.70. The third-order valence-corrected chi connectivity index (χ3v) is 3.27. The molecule has 0 unspecified atom stereocenters. The van der Waals surface area contributed by atoms with Crippen molar-refractivity contribution in [3.8, 4) is 0 Å². The summed E-state index contributed by atoms with van der Waals surface area (Å²) in [6.07, 6.45) is 2.76. The molecule has 0 amide bonds. The quantitative estimate of drug-likeness (QED) is 0.774. The third kappa shape index (κ3) is 4.07. The fourth-order valence-corrected chi connectivity index (χ4v) is 2.34. The van der Waals surface area contributed by atoms with Crippen molar-refractivity contribution < 1.29 is 18.3 Å². The van der Waals surface area contributed by atoms with Crippen molar-refractivity contribution in [3.05, 3.63) is 18.1 Å². The van der Waals surface area contributed by atoms with Gasteiger partial charge in [-0.25, -0.2) is 23.5 Å². The van der Waals surface area contributed by atoms with Crippen LogP contribution in [0.25, 0.3) is 0 Å². The zero-order valence-electron chi connectivity index (χ0n) is 12.1. The molecule has 0 spiro atoms. The largest absolute Gasteiger partial charge is 0.465 e. The lowest BCUT2D eigenvalue weighted by Crippen LogP contribution is -2.50. The summed E-state index contributed by atoms with van der Waals surface area (Å²) in [6, 6.07) is 0. The first kappa shape index (κ1) is 15.6. The number of aromatic nitrogens is 2. The summed E-state index contributed by atoms with van der Waals surface area (Å²) in [5.74, 6) is -2.72. The van der Waals surface area contributed by atoms with Crippen LogP contribution in [0.5, 0.6) is 0 Å². The fraction of sp³-hybridized carbons (Fsp3) is 0.615. The number of ether oxygens (including phenoxy) is 1. The Bertz CT molecular complexity index is 499. The summed E-state index contributed by atoms with van der Waals surface area (Å²) in [5, 5.41) is 0. The highest BCUT2D eigenvalue weighted by Crippen LogP contribution is 2.20. The van der Waals surface area contributed by atoms with Crippen LogP contribution in [0, 0.1) is 0 Å². The van der Waals surface area contributed by atoms with Crippen molar-refractivity contribution in [1.29, 1.82) is 0 Å². The van der Waals surface area contributed by atoms with Gasteiger partial charge >= 0.3 is 5.97 Å². The Kier molecular flexibility index (Phi) is 4.66. The normalized spacial score (nSPS) is 16.9. The highest BCUT2D eigenvalue weighted by atomic mass is 19.3. The molecule has 1 aliphatic heterocycles. The first-order chi connectivity index (χ1) is 9.90. The first-order valence-electron chi connectivity index (χ1n) is 6.64. The predicted molar refractivity (Wildman–Crippen MR) is 72.6 cm³/mol. The van der Waals surface area contributed by atoms with Crippen molar-refractivity contribution in [2.75, 3.05) is 44.7 Å². The second-order valence-electron chi connectivity index (χ2n) is 5.09. The average Bonchev–Trinajstić information content (AvgIpc) is 2.45. The number of piperazine rings is 1. The molecule has 2 rings (SSSR count). The standard InChI is InChI=1S/C13H18F2N4O2/c1-13(14,15)8-18-3-5-19(6-4-18)11-10(12(20)21-2)7-16-9-17-11/h7,9H,3-6,8H2,1-2H3. The Balaban J connectivity index is 2.04. The summed E-state index contributed by atoms with van der Waals surface area (Å²) in [4.78, 5) is 23.2. The summed E-state index contributed by atoms with van der Waals surface area (Å²) in [7, 11) is 1.29. The average molecular weight is 300 g/mol. The number of rotatable bonds is 4. The highest BCUT2D eigenvalue weighted by molar-refractivity contribution is 5.94. The van der Waals surface area contributed by atoms with Gasteiger partial charge < -0.3 is 9.64 Å². The molecule has 1 saturated heterocycles. The van der Waals surface area contributed by atoms with E-state index in [2.05, 4.69) is 9.97 Å². The Hall–Kier alpha value is -1.83. The van der Waals surface area contributed by atoms with Gasteiger partial charge in [-0.3, -0.25) is 4.90 Å². The summed E-state index contributed by atoms with van der Waals surface area (Å²) in [5.41, 5.74) is 0.286. The van der Waals surface area contributed by atoms with Crippen molar-refractivity contribution in [1.82, 2.24) is 14.9 Å². The molecule has 116 valence electrons. The summed E-state index contributed by atoms with van der Waals surface area (Å²) in [6.45, 7) is 2.70. The molecule has 0 aliphatic carbocycles. The first-order valence-corrected chi connectivity index (χ1v) is 6.64. The predicted octanol–water partition coefficient (Wildman–Crippen LogP) is 1.04. The number of hydrogen-bond donors (Lipinski definition) is 0. The van der Waals surface area contributed by atoms with Gasteiger partial charge in [0.15, 0.2) is 0 Å². The van der Waals surface area contributed by atoms with Gasteiger partial charge in [-0.2, -0.15) is 0 Å². The molecule has 0 radical (unpaired) electrons. The molecule has 8 heteroatoms. The van der Waals surface area contributed by atoms with E-state index in [0.717, 1.165) is 6.92 Å². The van der Waals surface area contributed by atoms with E-state index in [4.69, 9.17) is 4.74 Å². The minimum Gasteiger partial charge on any atom is -0.465 e. The lowest BCUT2D eigenvalue weighted by atomic mass is 10.2. The topological polar surface area (TPSA) is 58.6 Å². The molecule has 1 aromatic rings. The molecule has 0 bridgehead atoms. The van der Waals surface area contributed by atoms with Crippen LogP contribution in [-0.4, -0.2) is 66.6 Å². The monoisotopic (exact) mass is 300 g/mol. The van der Waals surface area contributed by atoms with Gasteiger partial charge in [0, 0.05) is 39.3 Å². The lowest BCUT2D eigenvalue weighted by Gasteiger charge is -2.36. The fourth-order valence-electron chi connectivity index (χ4n) is 2.34. The second kappa shape index (κ2) is 6.30. The molecule has 1 aromatic heterocycles. The van der Waals surface area contributed by atoms with Crippen molar-refractivity contribution in [2.24, 2.45) is 0 Å². The van der Waals surface area contributed by atoms with E-state index < -0.39 is 11.9 Å². The maximum atomic E-state index is 13.0. The van der Waals surface area contributed by atoms with Crippen LogP contribution in [0.1, 0.15) is 17.3 Å². The van der Waals surface area contributed by atoms with E-state index in [-0.39, 0.29) is 12.1 Å². The van der Waals surface area contributed by atoms with E-state index >= 15 is 0 Å². The number of alkyl halides is 2. The zero-order valence-corrected chi connectivity index (χ0v) is 12.1. The molecule has 0 atom stereocenters. The highest BCUT2D eigenvalue weighted by Gasteiger charge is 2.29. The number of halogens is 2. The van der Waals surface area contributed by atoms with Crippen LogP contribution in [-0.2, 0) is 4.74 Å². The van der Waals surface area contributed by atoms with E-state index in [9.17, 15) is 13.6 Å². The van der Waals surface area contributed by atoms with Crippen molar-refractivity contribution >= 4 is 11.8 Å². The molecular formula is C13H18F2N4O2. The molecule has 1 fully saturated rings. The molecule has 0 N–H and O–H groups in total. The Morgan fingerprint density at radius 2 is 2.05 bits per heavy atom. The smallest absolute Gasteiger partial charge is 0.343 e. The second-order valence-corrected chi connectivity index (χ2v) is 5.09. The van der Waals surface area contributed by atoms with Gasteiger partial charge in [0.05, 0.1) is 13.7 Å². The van der Waals surface area contributed by atoms with E-state index in [1.165, 1.54) is 19.6 Å². The number of anilines is 1. The Labute approximate surface area is 121 Å². The number of esters is 1. The lowest BCUT2D eigenvalue weighted by molar-refractivity contribution is -0.0155. The number of carbonyl (C=O) groups is 1. The molecule has 0 aromatic carbocycles. The van der Waals surface area contributed by atoms with E-state index in [1.807, 2.05) is 4.90 Å². The molecule has 0 saturated carbocycles. The van der Waals surface area contributed by atoms with Crippen molar-refractivity contribution in [2.45, 2.75) is 12.8 Å². The molecular weight excluding hydrogens is 282 g/mol. The molecule has 21 heavy (non-hydrogen) atoms. The third-order valence-electron chi connectivity index (χ3n) is 3.27. The van der Waals surface area contributed by atoms with Gasteiger partial charge in [-0.1, -0.05) is 0 Å². The SMILES string of the molecule is COC(=O)c1cncnc1N1CCN(CC(C)(F)F)CC1. The Morgan fingerprint density at radius 3 is 2.62 bits per heavy atom. The Morgan fingerprint density at radius 1 is 1.38 bits per heavy atom. The van der Waals surface area contributed by atoms with Gasteiger partial charge in [0.25, 0.3) is 5.92 Å². The van der Waals surface area contributed by atoms with Crippen LogP contribution >= 0.6 is 0 Å². The van der Waals surface area contributed by atoms with E-state index in [1.54, 1.807) is 4.90 Å². The summed E-state index contributed by atoms with van der Waals surface area (Å²) >= 11 is 0. The molecule has 6 nitrogen and oxygen atoms in total. The number of hydrogen-bond acceptors (Lipinski definition) is 6. The number of carbonyl (C=O) groups excluding carboxylic acids is 1. The number of methoxy groups -OCH3 is 1. The van der Waals surface area contributed by atoms with Crippen LogP contribution in [0.3, 0.4) is 0 Å². The van der Waals surface area contributed by atoms with Crippen LogP contribution < -0.4 is 4.90 Å². The minimum absolute atomic E-state index is 0.255. The maximum absolute atomic E-state index is 13.0.